The minimum absolute atomic E-state index is 0.0305. The molecule has 0 radical (unpaired) electrons. The van der Waals surface area contributed by atoms with Gasteiger partial charge in [-0.05, 0) is 37.6 Å². The number of carbonyl (C=O) groups excluding carboxylic acids is 1. The quantitative estimate of drug-likeness (QED) is 0.735. The van der Waals surface area contributed by atoms with Crippen LogP contribution in [0.25, 0.3) is 11.4 Å². The number of hydrogen-bond acceptors (Lipinski definition) is 4. The van der Waals surface area contributed by atoms with Gasteiger partial charge in [-0.15, -0.1) is 0 Å². The molecule has 3 aromatic rings. The maximum absolute atomic E-state index is 12.8. The summed E-state index contributed by atoms with van der Waals surface area (Å²) in [6.07, 6.45) is 3.51. The van der Waals surface area contributed by atoms with Crippen LogP contribution in [0.5, 0.6) is 0 Å². The van der Waals surface area contributed by atoms with E-state index in [4.69, 9.17) is 0 Å². The lowest BCUT2D eigenvalue weighted by molar-refractivity contribution is 0.0742. The maximum atomic E-state index is 12.8. The predicted molar refractivity (Wildman–Crippen MR) is 95.9 cm³/mol. The highest BCUT2D eigenvalue weighted by molar-refractivity contribution is 5.94. The molecule has 0 bridgehead atoms. The Morgan fingerprint density at radius 1 is 1.20 bits per heavy atom. The molecule has 25 heavy (non-hydrogen) atoms. The van der Waals surface area contributed by atoms with Gasteiger partial charge in [-0.25, -0.2) is 9.67 Å². The number of aryl methyl sites for hydroxylation is 2. The molecule has 0 aliphatic rings. The number of aromatic nitrogens is 4. The molecule has 0 saturated heterocycles. The van der Waals surface area contributed by atoms with E-state index in [9.17, 15) is 4.79 Å². The van der Waals surface area contributed by atoms with Crippen molar-refractivity contribution in [2.24, 2.45) is 7.05 Å². The number of hydrogen-bond donors (Lipinski definition) is 0. The fourth-order valence-electron chi connectivity index (χ4n) is 2.75. The van der Waals surface area contributed by atoms with Crippen molar-refractivity contribution in [2.75, 3.05) is 7.05 Å². The lowest BCUT2D eigenvalue weighted by Gasteiger charge is -2.25. The van der Waals surface area contributed by atoms with Gasteiger partial charge in [-0.3, -0.25) is 9.78 Å². The molecule has 0 aliphatic carbocycles. The molecule has 0 aliphatic heterocycles. The van der Waals surface area contributed by atoms with Crippen molar-refractivity contribution in [3.05, 3.63) is 65.7 Å². The zero-order valence-corrected chi connectivity index (χ0v) is 14.8. The second kappa shape index (κ2) is 6.84. The lowest BCUT2D eigenvalue weighted by Crippen LogP contribution is -2.29. The number of pyridine rings is 1. The van der Waals surface area contributed by atoms with Gasteiger partial charge < -0.3 is 4.90 Å². The third-order valence-electron chi connectivity index (χ3n) is 4.33. The van der Waals surface area contributed by atoms with Crippen LogP contribution in [0.2, 0.25) is 0 Å². The molecule has 0 saturated carbocycles. The van der Waals surface area contributed by atoms with Crippen LogP contribution in [-0.2, 0) is 7.05 Å². The van der Waals surface area contributed by atoms with Crippen LogP contribution in [0.3, 0.4) is 0 Å². The Morgan fingerprint density at radius 2 is 1.92 bits per heavy atom. The van der Waals surface area contributed by atoms with Gasteiger partial charge in [0.05, 0.1) is 6.04 Å². The van der Waals surface area contributed by atoms with E-state index >= 15 is 0 Å². The van der Waals surface area contributed by atoms with E-state index in [0.29, 0.717) is 5.56 Å². The average Bonchev–Trinajstić information content (AvgIpc) is 2.99. The average molecular weight is 335 g/mol. The van der Waals surface area contributed by atoms with Crippen LogP contribution < -0.4 is 0 Å². The van der Waals surface area contributed by atoms with Crippen LogP contribution in [0.1, 0.15) is 34.7 Å². The molecule has 6 heteroatoms. The van der Waals surface area contributed by atoms with E-state index in [2.05, 4.69) is 15.1 Å². The maximum Gasteiger partial charge on any atom is 0.254 e. The van der Waals surface area contributed by atoms with E-state index < -0.39 is 0 Å². The first-order valence-electron chi connectivity index (χ1n) is 8.12. The van der Waals surface area contributed by atoms with Crippen molar-refractivity contribution in [1.82, 2.24) is 24.6 Å². The molecule has 0 N–H and O–H groups in total. The van der Waals surface area contributed by atoms with Crippen LogP contribution in [0, 0.1) is 6.92 Å². The zero-order valence-electron chi connectivity index (χ0n) is 14.8. The molecule has 2 heterocycles. The Morgan fingerprint density at radius 3 is 2.48 bits per heavy atom. The highest BCUT2D eigenvalue weighted by Crippen LogP contribution is 2.22. The van der Waals surface area contributed by atoms with E-state index in [0.717, 1.165) is 22.8 Å². The minimum atomic E-state index is -0.0535. The molecule has 0 fully saturated rings. The smallest absolute Gasteiger partial charge is 0.254 e. The van der Waals surface area contributed by atoms with Crippen molar-refractivity contribution in [2.45, 2.75) is 19.9 Å². The van der Waals surface area contributed by atoms with E-state index in [1.807, 2.05) is 57.3 Å². The Kier molecular flexibility index (Phi) is 4.61. The SMILES string of the molecule is Cc1nc(-c2ccc(C(=O)N(C)[C@H](C)c3cccnc3)cc2)n(C)n1. The standard InChI is InChI=1S/C19H21N5O/c1-13(17-6-5-11-20-12-17)23(3)19(25)16-9-7-15(8-10-16)18-21-14(2)22-24(18)4/h5-13H,1-4H3/t13-/m1/s1. The molecule has 1 atom stereocenters. The molecule has 2 aromatic heterocycles. The van der Waals surface area contributed by atoms with Crippen LogP contribution in [0.15, 0.2) is 48.8 Å². The summed E-state index contributed by atoms with van der Waals surface area (Å²) in [4.78, 5) is 23.0. The summed E-state index contributed by atoms with van der Waals surface area (Å²) in [5, 5.41) is 4.25. The van der Waals surface area contributed by atoms with Gasteiger partial charge in [0, 0.05) is 37.6 Å². The fraction of sp³-hybridized carbons (Fsp3) is 0.263. The van der Waals surface area contributed by atoms with Crippen molar-refractivity contribution in [3.63, 3.8) is 0 Å². The number of carbonyl (C=O) groups is 1. The van der Waals surface area contributed by atoms with Gasteiger partial charge >= 0.3 is 0 Å². The Hall–Kier alpha value is -3.02. The van der Waals surface area contributed by atoms with Gasteiger partial charge in [0.25, 0.3) is 5.91 Å². The molecule has 6 nitrogen and oxygen atoms in total. The van der Waals surface area contributed by atoms with Gasteiger partial charge in [0.15, 0.2) is 5.82 Å². The molecular formula is C19H21N5O. The molecule has 3 rings (SSSR count). The topological polar surface area (TPSA) is 63.9 Å². The Bertz CT molecular complexity index is 871. The van der Waals surface area contributed by atoms with E-state index in [-0.39, 0.29) is 11.9 Å². The minimum Gasteiger partial charge on any atom is -0.335 e. The summed E-state index contributed by atoms with van der Waals surface area (Å²) in [5.41, 5.74) is 2.58. The molecule has 1 amide bonds. The summed E-state index contributed by atoms with van der Waals surface area (Å²) in [6, 6.07) is 11.3. The lowest BCUT2D eigenvalue weighted by atomic mass is 10.1. The summed E-state index contributed by atoms with van der Waals surface area (Å²) >= 11 is 0. The molecule has 1 aromatic carbocycles. The second-order valence-electron chi connectivity index (χ2n) is 6.06. The van der Waals surface area contributed by atoms with Gasteiger partial charge in [0.1, 0.15) is 5.82 Å². The van der Waals surface area contributed by atoms with Gasteiger partial charge in [-0.2, -0.15) is 5.10 Å². The largest absolute Gasteiger partial charge is 0.335 e. The highest BCUT2D eigenvalue weighted by Gasteiger charge is 2.19. The molecule has 0 spiro atoms. The predicted octanol–water partition coefficient (Wildman–Crippen LogP) is 3.02. The van der Waals surface area contributed by atoms with Gasteiger partial charge in [-0.1, -0.05) is 18.2 Å². The molecule has 128 valence electrons. The first kappa shape index (κ1) is 16.8. The highest BCUT2D eigenvalue weighted by atomic mass is 16.2. The van der Waals surface area contributed by atoms with Crippen molar-refractivity contribution in [1.29, 1.82) is 0 Å². The molecular weight excluding hydrogens is 314 g/mol. The van der Waals surface area contributed by atoms with E-state index in [1.165, 1.54) is 0 Å². The van der Waals surface area contributed by atoms with Crippen LogP contribution >= 0.6 is 0 Å². The van der Waals surface area contributed by atoms with Crippen LogP contribution in [0.4, 0.5) is 0 Å². The second-order valence-corrected chi connectivity index (χ2v) is 6.06. The normalized spacial score (nSPS) is 12.0. The number of rotatable bonds is 4. The number of benzene rings is 1. The van der Waals surface area contributed by atoms with Crippen molar-refractivity contribution >= 4 is 5.91 Å². The molecule has 0 unspecified atom stereocenters. The van der Waals surface area contributed by atoms with E-state index in [1.54, 1.807) is 29.0 Å². The summed E-state index contributed by atoms with van der Waals surface area (Å²) in [7, 11) is 3.66. The zero-order chi connectivity index (χ0) is 18.0. The number of amides is 1. The van der Waals surface area contributed by atoms with Crippen molar-refractivity contribution in [3.8, 4) is 11.4 Å². The third-order valence-corrected chi connectivity index (χ3v) is 4.33. The first-order valence-corrected chi connectivity index (χ1v) is 8.12. The Labute approximate surface area is 147 Å². The van der Waals surface area contributed by atoms with Gasteiger partial charge in [0.2, 0.25) is 0 Å². The number of nitrogens with zero attached hydrogens (tertiary/aromatic N) is 5. The summed E-state index contributed by atoms with van der Waals surface area (Å²) in [5.74, 6) is 1.48. The third kappa shape index (κ3) is 3.42. The monoisotopic (exact) mass is 335 g/mol. The summed E-state index contributed by atoms with van der Waals surface area (Å²) < 4.78 is 1.74. The Balaban J connectivity index is 1.80. The summed E-state index contributed by atoms with van der Waals surface area (Å²) in [6.45, 7) is 3.85. The van der Waals surface area contributed by atoms with Crippen LogP contribution in [-0.4, -0.2) is 37.6 Å². The fourth-order valence-corrected chi connectivity index (χ4v) is 2.75. The van der Waals surface area contributed by atoms with Crippen molar-refractivity contribution < 1.29 is 4.79 Å². The first-order chi connectivity index (χ1) is 12.0.